The Morgan fingerprint density at radius 3 is 2.12 bits per heavy atom. The third-order valence-electron chi connectivity index (χ3n) is 1.16. The van der Waals surface area contributed by atoms with Crippen molar-refractivity contribution in [3.05, 3.63) is 0 Å². The summed E-state index contributed by atoms with van der Waals surface area (Å²) in [7, 11) is 0. The van der Waals surface area contributed by atoms with E-state index < -0.39 is 0 Å². The minimum absolute atomic E-state index is 0.0486. The molecule has 42 valence electrons. The largest absolute Gasteiger partial charge is 0.198 e. The topological polar surface area (TPSA) is 48.5 Å². The van der Waals surface area contributed by atoms with E-state index in [0.29, 0.717) is 0 Å². The zero-order valence-corrected chi connectivity index (χ0v) is 4.92. The van der Waals surface area contributed by atoms with Gasteiger partial charge in [-0.25, -0.2) is 0 Å². The Morgan fingerprint density at radius 1 is 1.50 bits per heavy atom. The van der Waals surface area contributed by atoms with Crippen LogP contribution in [0.3, 0.4) is 0 Å². The highest BCUT2D eigenvalue weighted by Crippen LogP contribution is 2.31. The van der Waals surface area contributed by atoms with E-state index in [1.165, 1.54) is 0 Å². The molecular weight excluding hydrogens is 102 g/mol. The fraction of sp³-hybridized carbons (Fsp3) is 0.800. The van der Waals surface area contributed by atoms with Gasteiger partial charge >= 0.3 is 0 Å². The third-order valence-corrected chi connectivity index (χ3v) is 1.16. The zero-order chi connectivity index (χ0) is 6.20. The summed E-state index contributed by atoms with van der Waals surface area (Å²) in [4.78, 5) is 0. The second kappa shape index (κ2) is 1.28. The van der Waals surface area contributed by atoms with Gasteiger partial charge in [0.15, 0.2) is 6.17 Å². The Bertz CT molecular complexity index is 157. The van der Waals surface area contributed by atoms with Crippen LogP contribution in [-0.2, 0) is 0 Å². The lowest BCUT2D eigenvalue weighted by Gasteiger charge is -2.07. The van der Waals surface area contributed by atoms with Crippen molar-refractivity contribution in [3.8, 4) is 6.07 Å². The fourth-order valence-electron chi connectivity index (χ4n) is 0.380. The molecule has 0 bridgehead atoms. The number of nitriles is 1. The summed E-state index contributed by atoms with van der Waals surface area (Å²) >= 11 is 0. The van der Waals surface area contributed by atoms with Crippen LogP contribution in [0.15, 0.2) is 10.2 Å². The Balaban J connectivity index is 2.55. The average molecular weight is 109 g/mol. The predicted molar refractivity (Wildman–Crippen MR) is 28.0 cm³/mol. The lowest BCUT2D eigenvalue weighted by molar-refractivity contribution is 0.471. The van der Waals surface area contributed by atoms with Crippen molar-refractivity contribution in [3.63, 3.8) is 0 Å². The lowest BCUT2D eigenvalue weighted by atomic mass is 9.94. The van der Waals surface area contributed by atoms with Crippen molar-refractivity contribution in [1.82, 2.24) is 0 Å². The minimum Gasteiger partial charge on any atom is -0.198 e. The van der Waals surface area contributed by atoms with Crippen LogP contribution in [0, 0.1) is 16.7 Å². The highest BCUT2D eigenvalue weighted by atomic mass is 15.4. The highest BCUT2D eigenvalue weighted by molar-refractivity contribution is 5.02. The molecule has 1 rings (SSSR count). The van der Waals surface area contributed by atoms with Crippen molar-refractivity contribution >= 4 is 0 Å². The van der Waals surface area contributed by atoms with Gasteiger partial charge in [0, 0.05) is 0 Å². The van der Waals surface area contributed by atoms with E-state index in [-0.39, 0.29) is 11.6 Å². The quantitative estimate of drug-likeness (QED) is 0.501. The maximum atomic E-state index is 8.43. The predicted octanol–water partition coefficient (Wildman–Crippen LogP) is 1.33. The van der Waals surface area contributed by atoms with Gasteiger partial charge in [-0.15, -0.1) is 0 Å². The number of hydrogen-bond donors (Lipinski definition) is 0. The van der Waals surface area contributed by atoms with Crippen LogP contribution in [0.5, 0.6) is 0 Å². The summed E-state index contributed by atoms with van der Waals surface area (Å²) in [6.45, 7) is 3.66. The smallest absolute Gasteiger partial charge is 0.198 e. The lowest BCUT2D eigenvalue weighted by Crippen LogP contribution is -2.15. The summed E-state index contributed by atoms with van der Waals surface area (Å²) in [5.74, 6) is 0. The molecule has 0 fully saturated rings. The monoisotopic (exact) mass is 109 g/mol. The maximum absolute atomic E-state index is 8.43. The molecule has 0 aromatic carbocycles. The van der Waals surface area contributed by atoms with Gasteiger partial charge in [0.25, 0.3) is 0 Å². The highest BCUT2D eigenvalue weighted by Gasteiger charge is 2.36. The molecule has 0 atom stereocenters. The molecule has 0 radical (unpaired) electrons. The van der Waals surface area contributed by atoms with E-state index in [9.17, 15) is 0 Å². The van der Waals surface area contributed by atoms with E-state index in [1.807, 2.05) is 13.8 Å². The van der Waals surface area contributed by atoms with Gasteiger partial charge in [-0.3, -0.25) is 0 Å². The average Bonchev–Trinajstić information content (AvgIpc) is 2.44. The van der Waals surface area contributed by atoms with E-state index in [1.54, 1.807) is 0 Å². The Kier molecular flexibility index (Phi) is 0.839. The number of hydrogen-bond acceptors (Lipinski definition) is 3. The van der Waals surface area contributed by atoms with E-state index in [4.69, 9.17) is 5.26 Å². The number of nitrogens with zero attached hydrogens (tertiary/aromatic N) is 3. The van der Waals surface area contributed by atoms with Gasteiger partial charge in [-0.1, -0.05) is 0 Å². The zero-order valence-electron chi connectivity index (χ0n) is 4.92. The molecule has 3 heteroatoms. The van der Waals surface area contributed by atoms with Crippen molar-refractivity contribution in [2.75, 3.05) is 0 Å². The normalized spacial score (nSPS) is 18.1. The first-order chi connectivity index (χ1) is 3.67. The molecule has 3 nitrogen and oxygen atoms in total. The van der Waals surface area contributed by atoms with Crippen molar-refractivity contribution < 1.29 is 0 Å². The Hall–Kier alpha value is -0.910. The van der Waals surface area contributed by atoms with Crippen LogP contribution in [0.4, 0.5) is 0 Å². The first-order valence-electron chi connectivity index (χ1n) is 2.48. The minimum atomic E-state index is -0.375. The van der Waals surface area contributed by atoms with Gasteiger partial charge in [-0.2, -0.15) is 15.5 Å². The molecule has 8 heavy (non-hydrogen) atoms. The van der Waals surface area contributed by atoms with Crippen LogP contribution < -0.4 is 0 Å². The van der Waals surface area contributed by atoms with Gasteiger partial charge in [0.2, 0.25) is 0 Å². The molecule has 1 aliphatic heterocycles. The second-order valence-electron chi connectivity index (χ2n) is 2.44. The van der Waals surface area contributed by atoms with Crippen LogP contribution in [0.25, 0.3) is 0 Å². The van der Waals surface area contributed by atoms with Gasteiger partial charge in [-0.05, 0) is 13.8 Å². The maximum Gasteiger partial charge on any atom is 0.198 e. The molecule has 0 saturated heterocycles. The van der Waals surface area contributed by atoms with E-state index in [2.05, 4.69) is 16.3 Å². The molecule has 0 aliphatic carbocycles. The summed E-state index contributed by atoms with van der Waals surface area (Å²) in [6.07, 6.45) is -0.0486. The summed E-state index contributed by atoms with van der Waals surface area (Å²) in [5.41, 5.74) is -0.375. The molecule has 0 saturated carbocycles. The van der Waals surface area contributed by atoms with Gasteiger partial charge in [0.1, 0.15) is 0 Å². The molecule has 0 aromatic heterocycles. The first-order valence-corrected chi connectivity index (χ1v) is 2.48. The van der Waals surface area contributed by atoms with Crippen LogP contribution in [0.1, 0.15) is 13.8 Å². The van der Waals surface area contributed by atoms with Crippen molar-refractivity contribution in [1.29, 1.82) is 5.26 Å². The molecule has 1 aliphatic rings. The van der Waals surface area contributed by atoms with Crippen LogP contribution in [-0.4, -0.2) is 6.17 Å². The van der Waals surface area contributed by atoms with Crippen LogP contribution >= 0.6 is 0 Å². The standard InChI is InChI=1S/C5H7N3/c1-5(2,3-6)4-7-8-4/h4H,1-2H3. The third kappa shape index (κ3) is 0.692. The van der Waals surface area contributed by atoms with E-state index in [0.717, 1.165) is 0 Å². The molecule has 0 unspecified atom stereocenters. The van der Waals surface area contributed by atoms with Crippen molar-refractivity contribution in [2.24, 2.45) is 15.6 Å². The summed E-state index contributed by atoms with van der Waals surface area (Å²) in [5, 5.41) is 15.7. The fourth-order valence-corrected chi connectivity index (χ4v) is 0.380. The Morgan fingerprint density at radius 2 is 2.00 bits per heavy atom. The molecule has 0 aromatic rings. The summed E-state index contributed by atoms with van der Waals surface area (Å²) in [6, 6.07) is 2.12. The van der Waals surface area contributed by atoms with Crippen LogP contribution in [0.2, 0.25) is 0 Å². The molecule has 0 spiro atoms. The Labute approximate surface area is 48.0 Å². The molecule has 1 heterocycles. The first kappa shape index (κ1) is 5.23. The van der Waals surface area contributed by atoms with Gasteiger partial charge in [0.05, 0.1) is 11.5 Å². The van der Waals surface area contributed by atoms with Gasteiger partial charge < -0.3 is 0 Å². The second-order valence-corrected chi connectivity index (χ2v) is 2.44. The van der Waals surface area contributed by atoms with Crippen molar-refractivity contribution in [2.45, 2.75) is 20.0 Å². The molecule has 0 N–H and O–H groups in total. The number of rotatable bonds is 1. The molecular formula is C5H7N3. The molecule has 0 amide bonds. The SMILES string of the molecule is CC(C)(C#N)C1N=N1. The summed E-state index contributed by atoms with van der Waals surface area (Å²) < 4.78 is 0. The van der Waals surface area contributed by atoms with E-state index >= 15 is 0 Å².